The van der Waals surface area contributed by atoms with Crippen molar-refractivity contribution in [3.05, 3.63) is 82.5 Å². The number of hydrogen-bond donors (Lipinski definition) is 2. The predicted octanol–water partition coefficient (Wildman–Crippen LogP) is 10.4. The van der Waals surface area contributed by atoms with Crippen LogP contribution in [0.1, 0.15) is 84.6 Å². The summed E-state index contributed by atoms with van der Waals surface area (Å²) in [5, 5.41) is 1.92. The van der Waals surface area contributed by atoms with Crippen LogP contribution in [0.4, 0.5) is 0 Å². The highest BCUT2D eigenvalue weighted by molar-refractivity contribution is 9.09. The number of H-pyrrole nitrogens is 2. The number of rotatable bonds is 8. The summed E-state index contributed by atoms with van der Waals surface area (Å²) in [6, 6.07) is 8.75. The minimum atomic E-state index is 0.957. The van der Waals surface area contributed by atoms with Crippen LogP contribution in [-0.4, -0.2) is 30.6 Å². The van der Waals surface area contributed by atoms with Gasteiger partial charge in [0, 0.05) is 43.9 Å². The minimum absolute atomic E-state index is 0.957. The third kappa shape index (κ3) is 5.12. The molecule has 0 aromatic carbocycles. The molecule has 2 N–H and O–H groups in total. The third-order valence-electron chi connectivity index (χ3n) is 8.16. The van der Waals surface area contributed by atoms with E-state index in [9.17, 15) is 0 Å². The van der Waals surface area contributed by atoms with Crippen LogP contribution in [0.2, 0.25) is 0 Å². The fraction of sp³-hybridized carbons (Fsp3) is 0.294. The highest BCUT2D eigenvalue weighted by Gasteiger charge is 2.21. The maximum Gasteiger partial charge on any atom is 0.0694 e. The fourth-order valence-electron chi connectivity index (χ4n) is 5.79. The van der Waals surface area contributed by atoms with E-state index in [1.807, 2.05) is 12.2 Å². The Morgan fingerprint density at radius 3 is 1.50 bits per heavy atom. The molecule has 0 fully saturated rings. The number of aromatic nitrogens is 4. The number of halogens is 2. The van der Waals surface area contributed by atoms with Crippen LogP contribution in [0.25, 0.3) is 56.5 Å². The summed E-state index contributed by atoms with van der Waals surface area (Å²) in [4.78, 5) is 17.7. The van der Waals surface area contributed by atoms with E-state index in [2.05, 4.69) is 107 Å². The molecule has 2 aliphatic heterocycles. The summed E-state index contributed by atoms with van der Waals surface area (Å²) in [6.07, 6.45) is 7.89. The molecule has 6 heteroatoms. The summed E-state index contributed by atoms with van der Waals surface area (Å²) in [5.41, 5.74) is 17.7. The van der Waals surface area contributed by atoms with Gasteiger partial charge in [0.2, 0.25) is 0 Å². The zero-order valence-electron chi connectivity index (χ0n) is 23.8. The second-order valence-electron chi connectivity index (χ2n) is 10.5. The van der Waals surface area contributed by atoms with E-state index < -0.39 is 0 Å². The SMILES string of the molecule is C=Cc1c(C)c2cc3[nH]c(cc4nc(cc5nc(cc1[nH]2)C(C)=C5CCCBr)C(CCCBr)=C4C)c(C)c3C=C. The lowest BCUT2D eigenvalue weighted by Crippen LogP contribution is -1.89. The van der Waals surface area contributed by atoms with Crippen LogP contribution in [0, 0.1) is 13.8 Å². The van der Waals surface area contributed by atoms with Gasteiger partial charge in [-0.3, -0.25) is 0 Å². The van der Waals surface area contributed by atoms with Gasteiger partial charge in [-0.25, -0.2) is 9.97 Å². The van der Waals surface area contributed by atoms with Crippen molar-refractivity contribution in [1.29, 1.82) is 0 Å². The number of aryl methyl sites for hydroxylation is 2. The predicted molar refractivity (Wildman–Crippen MR) is 182 cm³/mol. The van der Waals surface area contributed by atoms with Gasteiger partial charge in [-0.1, -0.05) is 57.2 Å². The maximum atomic E-state index is 5.20. The van der Waals surface area contributed by atoms with Gasteiger partial charge in [-0.05, 0) is 111 Å². The first-order chi connectivity index (χ1) is 19.3. The van der Waals surface area contributed by atoms with Crippen LogP contribution in [0.3, 0.4) is 0 Å². The standard InChI is InChI=1S/C34H36Br2N4/c1-7-23-19(3)27-15-28-21(5)25(11-9-13-35)33(39-28)18-34-26(12-10-14-36)22(6)30(40-34)17-32-24(8-2)20(4)29(38-32)16-31(23)37-27/h7-8,15-18,37-38H,1-2,9-14H2,3-6H3. The normalized spacial score (nSPS) is 13.3. The van der Waals surface area contributed by atoms with Crippen molar-refractivity contribution >= 4 is 88.4 Å². The average molecular weight is 660 g/mol. The van der Waals surface area contributed by atoms with Crippen LogP contribution < -0.4 is 0 Å². The lowest BCUT2D eigenvalue weighted by molar-refractivity contribution is 0.987. The molecule has 0 atom stereocenters. The van der Waals surface area contributed by atoms with Gasteiger partial charge in [0.15, 0.2) is 0 Å². The van der Waals surface area contributed by atoms with E-state index in [4.69, 9.17) is 9.97 Å². The Labute approximate surface area is 253 Å². The molecule has 0 aliphatic carbocycles. The van der Waals surface area contributed by atoms with Crippen molar-refractivity contribution in [2.75, 3.05) is 10.7 Å². The summed E-state index contributed by atoms with van der Waals surface area (Å²) in [5.74, 6) is 0. The van der Waals surface area contributed by atoms with Gasteiger partial charge in [0.25, 0.3) is 0 Å². The molecule has 5 heterocycles. The highest BCUT2D eigenvalue weighted by Crippen LogP contribution is 2.38. The smallest absolute Gasteiger partial charge is 0.0694 e. The van der Waals surface area contributed by atoms with Crippen LogP contribution in [0.5, 0.6) is 0 Å². The molecule has 2 aliphatic rings. The Balaban J connectivity index is 1.95. The number of nitrogens with one attached hydrogen (secondary N) is 2. The van der Waals surface area contributed by atoms with E-state index in [0.717, 1.165) is 103 Å². The van der Waals surface area contributed by atoms with Crippen molar-refractivity contribution in [3.8, 4) is 0 Å². The molecule has 0 unspecified atom stereocenters. The van der Waals surface area contributed by atoms with Crippen molar-refractivity contribution in [1.82, 2.24) is 19.9 Å². The van der Waals surface area contributed by atoms with Crippen molar-refractivity contribution in [2.45, 2.75) is 53.4 Å². The van der Waals surface area contributed by atoms with Gasteiger partial charge in [0.05, 0.1) is 22.8 Å². The van der Waals surface area contributed by atoms with Crippen molar-refractivity contribution in [2.24, 2.45) is 0 Å². The zero-order valence-corrected chi connectivity index (χ0v) is 26.9. The molecule has 3 aromatic heterocycles. The van der Waals surface area contributed by atoms with Crippen molar-refractivity contribution in [3.63, 3.8) is 0 Å². The Morgan fingerprint density at radius 2 is 1.05 bits per heavy atom. The van der Waals surface area contributed by atoms with E-state index in [1.165, 1.54) is 22.3 Å². The molecule has 0 saturated heterocycles. The molecular weight excluding hydrogens is 624 g/mol. The van der Waals surface area contributed by atoms with Crippen LogP contribution >= 0.6 is 31.9 Å². The number of nitrogens with zero attached hydrogens (tertiary/aromatic N) is 2. The minimum Gasteiger partial charge on any atom is -0.355 e. The van der Waals surface area contributed by atoms with E-state index in [-0.39, 0.29) is 0 Å². The second kappa shape index (κ2) is 11.9. The molecule has 40 heavy (non-hydrogen) atoms. The molecule has 0 amide bonds. The van der Waals surface area contributed by atoms with Crippen molar-refractivity contribution < 1.29 is 0 Å². The quantitative estimate of drug-likeness (QED) is 0.236. The molecule has 3 aromatic rings. The molecular formula is C34H36Br2N4. The van der Waals surface area contributed by atoms with Gasteiger partial charge in [0.1, 0.15) is 0 Å². The first-order valence-corrected chi connectivity index (χ1v) is 16.1. The molecule has 5 rings (SSSR count). The maximum absolute atomic E-state index is 5.20. The molecule has 4 nitrogen and oxygen atoms in total. The van der Waals surface area contributed by atoms with E-state index in [1.54, 1.807) is 0 Å². The molecule has 0 radical (unpaired) electrons. The Bertz CT molecular complexity index is 1750. The summed E-state index contributed by atoms with van der Waals surface area (Å²) >= 11 is 7.26. The lowest BCUT2D eigenvalue weighted by atomic mass is 9.98. The van der Waals surface area contributed by atoms with Gasteiger partial charge < -0.3 is 9.97 Å². The van der Waals surface area contributed by atoms with E-state index >= 15 is 0 Å². The number of hydrogen-bond acceptors (Lipinski definition) is 2. The number of fused-ring (bicyclic) bond motifs is 8. The summed E-state index contributed by atoms with van der Waals surface area (Å²) in [7, 11) is 0. The molecule has 0 saturated carbocycles. The Morgan fingerprint density at radius 1 is 0.625 bits per heavy atom. The summed E-state index contributed by atoms with van der Waals surface area (Å²) in [6.45, 7) is 16.9. The third-order valence-corrected chi connectivity index (χ3v) is 9.28. The first-order valence-electron chi connectivity index (χ1n) is 13.8. The van der Waals surface area contributed by atoms with Crippen LogP contribution in [0.15, 0.2) is 37.4 Å². The van der Waals surface area contributed by atoms with Crippen LogP contribution in [-0.2, 0) is 0 Å². The number of alkyl halides is 2. The topological polar surface area (TPSA) is 57.4 Å². The molecule has 0 spiro atoms. The number of allylic oxidation sites excluding steroid dienone is 4. The van der Waals surface area contributed by atoms with Gasteiger partial charge in [-0.2, -0.15) is 0 Å². The first kappa shape index (κ1) is 28.6. The Kier molecular flexibility index (Phi) is 8.48. The lowest BCUT2D eigenvalue weighted by Gasteiger charge is -2.05. The number of aromatic amines is 2. The monoisotopic (exact) mass is 658 g/mol. The van der Waals surface area contributed by atoms with E-state index in [0.29, 0.717) is 0 Å². The zero-order chi connectivity index (χ0) is 28.6. The average Bonchev–Trinajstić information content (AvgIpc) is 3.59. The highest BCUT2D eigenvalue weighted by atomic mass is 79.9. The molecule has 206 valence electrons. The molecule has 8 bridgehead atoms. The summed E-state index contributed by atoms with van der Waals surface area (Å²) < 4.78 is 0. The van der Waals surface area contributed by atoms with Gasteiger partial charge >= 0.3 is 0 Å². The fourth-order valence-corrected chi connectivity index (χ4v) is 6.35. The van der Waals surface area contributed by atoms with Gasteiger partial charge in [-0.15, -0.1) is 0 Å². The largest absolute Gasteiger partial charge is 0.355 e. The Hall–Kier alpha value is -2.96. The second-order valence-corrected chi connectivity index (χ2v) is 12.1.